The molecule has 0 heterocycles. The van der Waals surface area contributed by atoms with E-state index in [0.29, 0.717) is 0 Å². The summed E-state index contributed by atoms with van der Waals surface area (Å²) in [6, 6.07) is -6.40. The van der Waals surface area contributed by atoms with Crippen LogP contribution < -0.4 is 0 Å². The highest BCUT2D eigenvalue weighted by Gasteiger charge is 2.96. The van der Waals surface area contributed by atoms with E-state index in [1.165, 1.54) is 0 Å². The van der Waals surface area contributed by atoms with E-state index in [1.54, 1.807) is 0 Å². The molecule has 0 aromatic heterocycles. The van der Waals surface area contributed by atoms with Crippen molar-refractivity contribution >= 4 is 11.9 Å². The van der Waals surface area contributed by atoms with Gasteiger partial charge in [-0.3, -0.25) is 0 Å². The number of esters is 2. The number of carbonyl (C=O) groups excluding carboxylic acids is 2. The zero-order valence-electron chi connectivity index (χ0n) is 11.5. The number of halogens is 10. The second kappa shape index (κ2) is 6.55. The molecule has 4 nitrogen and oxygen atoms in total. The first-order chi connectivity index (χ1) is 10.9. The Hall–Kier alpha value is -2.28. The molecule has 0 rings (SSSR count). The van der Waals surface area contributed by atoms with E-state index in [9.17, 15) is 53.5 Å². The van der Waals surface area contributed by atoms with Crippen LogP contribution >= 0.6 is 0 Å². The van der Waals surface area contributed by atoms with Gasteiger partial charge in [-0.2, -0.15) is 43.9 Å². The van der Waals surface area contributed by atoms with Gasteiger partial charge < -0.3 is 9.47 Å². The summed E-state index contributed by atoms with van der Waals surface area (Å²) >= 11 is 0. The highest BCUT2D eigenvalue weighted by molar-refractivity contribution is 5.83. The van der Waals surface area contributed by atoms with Gasteiger partial charge in [0.1, 0.15) is 0 Å². The van der Waals surface area contributed by atoms with Gasteiger partial charge in [0.25, 0.3) is 0 Å². The van der Waals surface area contributed by atoms with E-state index in [-0.39, 0.29) is 12.2 Å². The SMILES string of the molecule is C=CC(=O)OC(F)(OC(=O)C=C)C(C(F)(F)F)(C(F)(F)F)C(F)(F)F. The van der Waals surface area contributed by atoms with Gasteiger partial charge in [-0.05, 0) is 0 Å². The van der Waals surface area contributed by atoms with E-state index in [1.807, 2.05) is 0 Å². The summed E-state index contributed by atoms with van der Waals surface area (Å²) in [6.45, 7) is 4.93. The fraction of sp³-hybridized carbons (Fsp3) is 0.455. The van der Waals surface area contributed by atoms with Crippen LogP contribution in [-0.4, -0.2) is 36.5 Å². The maximum absolute atomic E-state index is 14.3. The predicted molar refractivity (Wildman–Crippen MR) is 57.0 cm³/mol. The number of hydrogen-bond acceptors (Lipinski definition) is 4. The number of alkyl halides is 10. The molecule has 0 amide bonds. The molecule has 14 heteroatoms. The van der Waals surface area contributed by atoms with Crippen molar-refractivity contribution in [3.8, 4) is 0 Å². The molecule has 0 saturated heterocycles. The van der Waals surface area contributed by atoms with Crippen molar-refractivity contribution in [1.29, 1.82) is 0 Å². The minimum Gasteiger partial charge on any atom is -0.390 e. The standard InChI is InChI=1S/C11H6F10O4/c1-3-5(22)24-11(21,25-6(23)4-2)7(8(12,13)14,9(15,16)17)10(18,19)20/h3-4H,1-2H2. The highest BCUT2D eigenvalue weighted by Crippen LogP contribution is 2.66. The summed E-state index contributed by atoms with van der Waals surface area (Å²) in [5.74, 6) is -5.03. The summed E-state index contributed by atoms with van der Waals surface area (Å²) in [5.41, 5.74) is -7.42. The Morgan fingerprint density at radius 2 is 0.880 bits per heavy atom. The van der Waals surface area contributed by atoms with Gasteiger partial charge in [0.15, 0.2) is 0 Å². The van der Waals surface area contributed by atoms with Gasteiger partial charge in [0, 0.05) is 12.2 Å². The molecule has 0 aromatic rings. The third kappa shape index (κ3) is 3.71. The number of carbonyl (C=O) groups is 2. The van der Waals surface area contributed by atoms with Crippen molar-refractivity contribution in [3.63, 3.8) is 0 Å². The van der Waals surface area contributed by atoms with Crippen molar-refractivity contribution in [1.82, 2.24) is 0 Å². The summed E-state index contributed by atoms with van der Waals surface area (Å²) in [7, 11) is 0. The van der Waals surface area contributed by atoms with Crippen LogP contribution in [0.3, 0.4) is 0 Å². The molecule has 0 aromatic carbocycles. The van der Waals surface area contributed by atoms with Crippen molar-refractivity contribution in [2.75, 3.05) is 0 Å². The van der Waals surface area contributed by atoms with E-state index in [2.05, 4.69) is 22.6 Å². The van der Waals surface area contributed by atoms with E-state index < -0.39 is 41.9 Å². The summed E-state index contributed by atoms with van der Waals surface area (Å²) in [6.07, 6.45) is -23.1. The molecule has 25 heavy (non-hydrogen) atoms. The van der Waals surface area contributed by atoms with Crippen LogP contribution in [0.5, 0.6) is 0 Å². The van der Waals surface area contributed by atoms with Crippen molar-refractivity contribution in [2.24, 2.45) is 5.41 Å². The zero-order valence-corrected chi connectivity index (χ0v) is 11.5. The average Bonchev–Trinajstić information content (AvgIpc) is 2.32. The first-order valence-electron chi connectivity index (χ1n) is 5.51. The van der Waals surface area contributed by atoms with Crippen LogP contribution in [0.2, 0.25) is 0 Å². The number of hydrogen-bond donors (Lipinski definition) is 0. The lowest BCUT2D eigenvalue weighted by molar-refractivity contribution is -0.520. The Bertz CT molecular complexity index is 499. The molecule has 0 aliphatic rings. The predicted octanol–water partition coefficient (Wildman–Crippen LogP) is 3.74. The largest absolute Gasteiger partial charge is 0.445 e. The first kappa shape index (κ1) is 22.7. The molecule has 0 spiro atoms. The van der Waals surface area contributed by atoms with Gasteiger partial charge in [0.05, 0.1) is 0 Å². The minimum absolute atomic E-state index is 0.260. The quantitative estimate of drug-likeness (QED) is 0.310. The topological polar surface area (TPSA) is 52.6 Å². The monoisotopic (exact) mass is 392 g/mol. The number of ether oxygens (including phenoxy) is 2. The molecule has 0 aliphatic heterocycles. The van der Waals surface area contributed by atoms with Crippen molar-refractivity contribution in [2.45, 2.75) is 24.6 Å². The van der Waals surface area contributed by atoms with Gasteiger partial charge in [-0.15, -0.1) is 0 Å². The average molecular weight is 392 g/mol. The summed E-state index contributed by atoms with van der Waals surface area (Å²) < 4.78 is 136. The molecule has 0 atom stereocenters. The normalized spacial score (nSPS) is 13.8. The van der Waals surface area contributed by atoms with Crippen LogP contribution in [0, 0.1) is 5.41 Å². The Labute approximate surface area is 131 Å². The second-order valence-electron chi connectivity index (χ2n) is 4.03. The lowest BCUT2D eigenvalue weighted by Crippen LogP contribution is -2.72. The van der Waals surface area contributed by atoms with E-state index in [4.69, 9.17) is 0 Å². The fourth-order valence-electron chi connectivity index (χ4n) is 1.51. The molecule has 0 N–H and O–H groups in total. The van der Waals surface area contributed by atoms with Crippen LogP contribution in [0.4, 0.5) is 43.9 Å². The van der Waals surface area contributed by atoms with Gasteiger partial charge in [-0.1, -0.05) is 13.2 Å². The maximum atomic E-state index is 14.3. The van der Waals surface area contributed by atoms with Gasteiger partial charge in [0.2, 0.25) is 0 Å². The molecule has 0 aliphatic carbocycles. The number of rotatable bonds is 5. The van der Waals surface area contributed by atoms with E-state index >= 15 is 0 Å². The highest BCUT2D eigenvalue weighted by atomic mass is 19.4. The third-order valence-electron chi connectivity index (χ3n) is 2.52. The Kier molecular flexibility index (Phi) is 5.96. The summed E-state index contributed by atoms with van der Waals surface area (Å²) in [5, 5.41) is 0. The zero-order chi connectivity index (χ0) is 20.5. The van der Waals surface area contributed by atoms with E-state index in [0.717, 1.165) is 0 Å². The molecule has 0 fully saturated rings. The molecular formula is C11H6F10O4. The smallest absolute Gasteiger partial charge is 0.390 e. The first-order valence-corrected chi connectivity index (χ1v) is 5.51. The molecular weight excluding hydrogens is 386 g/mol. The molecule has 0 unspecified atom stereocenters. The van der Waals surface area contributed by atoms with Crippen molar-refractivity contribution in [3.05, 3.63) is 25.3 Å². The van der Waals surface area contributed by atoms with Crippen LogP contribution in [-0.2, 0) is 19.1 Å². The van der Waals surface area contributed by atoms with Crippen molar-refractivity contribution < 1.29 is 63.0 Å². The molecule has 0 radical (unpaired) electrons. The lowest BCUT2D eigenvalue weighted by atomic mass is 9.82. The Balaban J connectivity index is 7.06. The van der Waals surface area contributed by atoms with Gasteiger partial charge in [-0.25, -0.2) is 9.59 Å². The molecule has 0 saturated carbocycles. The minimum atomic E-state index is -7.51. The van der Waals surface area contributed by atoms with Gasteiger partial charge >= 0.3 is 41.9 Å². The summed E-state index contributed by atoms with van der Waals surface area (Å²) in [4.78, 5) is 21.7. The maximum Gasteiger partial charge on any atom is 0.445 e. The lowest BCUT2D eigenvalue weighted by Gasteiger charge is -2.44. The Morgan fingerprint density at radius 1 is 0.640 bits per heavy atom. The van der Waals surface area contributed by atoms with Crippen LogP contribution in [0.1, 0.15) is 0 Å². The Morgan fingerprint density at radius 3 is 1.04 bits per heavy atom. The fourth-order valence-corrected chi connectivity index (χ4v) is 1.51. The molecule has 144 valence electrons. The second-order valence-corrected chi connectivity index (χ2v) is 4.03. The van der Waals surface area contributed by atoms with Crippen LogP contribution in [0.15, 0.2) is 25.3 Å². The third-order valence-corrected chi connectivity index (χ3v) is 2.52. The van der Waals surface area contributed by atoms with Crippen LogP contribution in [0.25, 0.3) is 0 Å². The molecule has 0 bridgehead atoms.